The number of nitrogens with zero attached hydrogens (tertiary/aromatic N) is 4. The van der Waals surface area contributed by atoms with E-state index in [-0.39, 0.29) is 5.91 Å². The minimum absolute atomic E-state index is 0.0406. The Kier molecular flexibility index (Phi) is 5.28. The summed E-state index contributed by atoms with van der Waals surface area (Å²) in [6.07, 6.45) is 7.43. The summed E-state index contributed by atoms with van der Waals surface area (Å²) in [6.45, 7) is 5.71. The molecule has 0 radical (unpaired) electrons. The third-order valence-corrected chi connectivity index (χ3v) is 4.88. The molecule has 2 fully saturated rings. The number of pyridine rings is 1. The molecule has 24 heavy (non-hydrogen) atoms. The molecular formula is C18H26N4O2. The van der Waals surface area contributed by atoms with Gasteiger partial charge in [-0.1, -0.05) is 0 Å². The Bertz CT molecular complexity index is 584. The molecule has 0 unspecified atom stereocenters. The zero-order chi connectivity index (χ0) is 17.0. The average Bonchev–Trinajstić information content (AvgIpc) is 2.98. The molecular weight excluding hydrogens is 304 g/mol. The lowest BCUT2D eigenvalue weighted by Crippen LogP contribution is -2.52. The Hall–Kier alpha value is -1.76. The number of hydrogen-bond donors (Lipinski definition) is 1. The SMILES string of the molecule is CN1CCN(C[C@@]2(O)CCN(C(=O)/C=C/c3ccncc3)C2)CC1. The van der Waals surface area contributed by atoms with Crippen molar-refractivity contribution in [1.82, 2.24) is 19.7 Å². The Balaban J connectivity index is 1.52. The fourth-order valence-corrected chi connectivity index (χ4v) is 3.34. The number of β-amino-alcohol motifs (C(OH)–C–C–N with tert-alkyl or cyclic N) is 1. The maximum absolute atomic E-state index is 12.3. The normalized spacial score (nSPS) is 26.3. The number of carbonyl (C=O) groups excluding carboxylic acids is 1. The van der Waals surface area contributed by atoms with Crippen LogP contribution < -0.4 is 0 Å². The topological polar surface area (TPSA) is 59.9 Å². The first kappa shape index (κ1) is 17.1. The second-order valence-corrected chi connectivity index (χ2v) is 6.93. The third kappa shape index (κ3) is 4.41. The van der Waals surface area contributed by atoms with E-state index < -0.39 is 5.60 Å². The van der Waals surface area contributed by atoms with Crippen LogP contribution in [0.4, 0.5) is 0 Å². The molecule has 2 aliphatic rings. The van der Waals surface area contributed by atoms with Crippen LogP contribution in [0, 0.1) is 0 Å². The lowest BCUT2D eigenvalue weighted by molar-refractivity contribution is -0.126. The van der Waals surface area contributed by atoms with Gasteiger partial charge in [0.2, 0.25) is 5.91 Å². The number of rotatable bonds is 4. The van der Waals surface area contributed by atoms with E-state index in [1.54, 1.807) is 29.4 Å². The van der Waals surface area contributed by atoms with Gasteiger partial charge in [0, 0.05) is 57.7 Å². The molecule has 0 bridgehead atoms. The summed E-state index contributed by atoms with van der Waals surface area (Å²) in [5.41, 5.74) is 0.168. The van der Waals surface area contributed by atoms with Gasteiger partial charge in [0.05, 0.1) is 12.1 Å². The van der Waals surface area contributed by atoms with Gasteiger partial charge in [0.25, 0.3) is 0 Å². The summed E-state index contributed by atoms with van der Waals surface area (Å²) in [6, 6.07) is 3.72. The first-order valence-corrected chi connectivity index (χ1v) is 8.54. The van der Waals surface area contributed by atoms with Gasteiger partial charge >= 0.3 is 0 Å². The van der Waals surface area contributed by atoms with Crippen molar-refractivity contribution in [3.8, 4) is 0 Å². The van der Waals surface area contributed by atoms with E-state index in [0.717, 1.165) is 31.7 Å². The highest BCUT2D eigenvalue weighted by molar-refractivity contribution is 5.92. The van der Waals surface area contributed by atoms with Gasteiger partial charge in [0.15, 0.2) is 0 Å². The number of piperazine rings is 1. The minimum atomic E-state index is -0.782. The first-order valence-electron chi connectivity index (χ1n) is 8.54. The molecule has 6 nitrogen and oxygen atoms in total. The molecule has 3 rings (SSSR count). The third-order valence-electron chi connectivity index (χ3n) is 4.88. The van der Waals surface area contributed by atoms with Crippen molar-refractivity contribution < 1.29 is 9.90 Å². The molecule has 130 valence electrons. The molecule has 2 aliphatic heterocycles. The minimum Gasteiger partial charge on any atom is -0.387 e. The molecule has 0 aliphatic carbocycles. The Morgan fingerprint density at radius 1 is 1.25 bits per heavy atom. The van der Waals surface area contributed by atoms with Crippen molar-refractivity contribution in [3.05, 3.63) is 36.2 Å². The second-order valence-electron chi connectivity index (χ2n) is 6.93. The summed E-state index contributed by atoms with van der Waals surface area (Å²) in [7, 11) is 2.12. The Morgan fingerprint density at radius 2 is 1.96 bits per heavy atom. The van der Waals surface area contributed by atoms with E-state index in [9.17, 15) is 9.90 Å². The number of aromatic nitrogens is 1. The molecule has 6 heteroatoms. The van der Waals surface area contributed by atoms with Crippen molar-refractivity contribution in [3.63, 3.8) is 0 Å². The predicted octanol–water partition coefficient (Wildman–Crippen LogP) is 0.306. The number of likely N-dealkylation sites (N-methyl/N-ethyl adjacent to an activating group) is 1. The van der Waals surface area contributed by atoms with Crippen molar-refractivity contribution in [2.45, 2.75) is 12.0 Å². The largest absolute Gasteiger partial charge is 0.387 e. The summed E-state index contributed by atoms with van der Waals surface area (Å²) in [5, 5.41) is 10.8. The van der Waals surface area contributed by atoms with E-state index in [1.165, 1.54) is 0 Å². The lowest BCUT2D eigenvalue weighted by Gasteiger charge is -2.36. The molecule has 2 saturated heterocycles. The van der Waals surface area contributed by atoms with Crippen LogP contribution in [0.15, 0.2) is 30.6 Å². The average molecular weight is 330 g/mol. The van der Waals surface area contributed by atoms with Crippen molar-refractivity contribution in [2.75, 3.05) is 52.9 Å². The fourth-order valence-electron chi connectivity index (χ4n) is 3.34. The number of carbonyl (C=O) groups is 1. The first-order chi connectivity index (χ1) is 11.5. The highest BCUT2D eigenvalue weighted by atomic mass is 16.3. The number of hydrogen-bond acceptors (Lipinski definition) is 5. The molecule has 1 aromatic rings. The zero-order valence-corrected chi connectivity index (χ0v) is 14.3. The van der Waals surface area contributed by atoms with E-state index in [1.807, 2.05) is 12.1 Å². The number of amides is 1. The van der Waals surface area contributed by atoms with Crippen LogP contribution >= 0.6 is 0 Å². The molecule has 0 saturated carbocycles. The lowest BCUT2D eigenvalue weighted by atomic mass is 10.0. The number of likely N-dealkylation sites (tertiary alicyclic amines) is 1. The maximum Gasteiger partial charge on any atom is 0.246 e. The molecule has 0 aromatic carbocycles. The van der Waals surface area contributed by atoms with Crippen LogP contribution in [0.5, 0.6) is 0 Å². The maximum atomic E-state index is 12.3. The Labute approximate surface area is 143 Å². The Morgan fingerprint density at radius 3 is 2.67 bits per heavy atom. The molecule has 1 aromatic heterocycles. The summed E-state index contributed by atoms with van der Waals surface area (Å²) < 4.78 is 0. The fraction of sp³-hybridized carbons (Fsp3) is 0.556. The van der Waals surface area contributed by atoms with Crippen LogP contribution in [0.2, 0.25) is 0 Å². The quantitative estimate of drug-likeness (QED) is 0.805. The van der Waals surface area contributed by atoms with Crippen molar-refractivity contribution >= 4 is 12.0 Å². The summed E-state index contributed by atoms with van der Waals surface area (Å²) >= 11 is 0. The van der Waals surface area contributed by atoms with Crippen molar-refractivity contribution in [1.29, 1.82) is 0 Å². The highest BCUT2D eigenvalue weighted by Crippen LogP contribution is 2.23. The van der Waals surface area contributed by atoms with Crippen LogP contribution in [-0.2, 0) is 4.79 Å². The van der Waals surface area contributed by atoms with Crippen LogP contribution in [0.25, 0.3) is 6.08 Å². The van der Waals surface area contributed by atoms with Gasteiger partial charge in [0.1, 0.15) is 0 Å². The molecule has 3 heterocycles. The van der Waals surface area contributed by atoms with Crippen LogP contribution in [-0.4, -0.2) is 89.2 Å². The second kappa shape index (κ2) is 7.42. The molecule has 1 atom stereocenters. The predicted molar refractivity (Wildman–Crippen MR) is 93.4 cm³/mol. The molecule has 1 amide bonds. The monoisotopic (exact) mass is 330 g/mol. The van der Waals surface area contributed by atoms with Gasteiger partial charge in [-0.05, 0) is 37.2 Å². The summed E-state index contributed by atoms with van der Waals surface area (Å²) in [5.74, 6) is -0.0406. The van der Waals surface area contributed by atoms with E-state index >= 15 is 0 Å². The van der Waals surface area contributed by atoms with Crippen LogP contribution in [0.3, 0.4) is 0 Å². The van der Waals surface area contributed by atoms with E-state index in [0.29, 0.717) is 26.1 Å². The highest BCUT2D eigenvalue weighted by Gasteiger charge is 2.39. The van der Waals surface area contributed by atoms with Gasteiger partial charge < -0.3 is 14.9 Å². The van der Waals surface area contributed by atoms with Crippen molar-refractivity contribution in [2.24, 2.45) is 0 Å². The zero-order valence-electron chi connectivity index (χ0n) is 14.3. The van der Waals surface area contributed by atoms with Gasteiger partial charge in [-0.15, -0.1) is 0 Å². The standard InChI is InChI=1S/C18H26N4O2/c1-20-10-12-21(13-11-20)14-18(24)6-9-22(15-18)17(23)3-2-16-4-7-19-8-5-16/h2-5,7-8,24H,6,9-15H2,1H3/b3-2+/t18-/m0/s1. The molecule has 1 N–H and O–H groups in total. The smallest absolute Gasteiger partial charge is 0.246 e. The van der Waals surface area contributed by atoms with Crippen LogP contribution in [0.1, 0.15) is 12.0 Å². The van der Waals surface area contributed by atoms with Gasteiger partial charge in [-0.2, -0.15) is 0 Å². The van der Waals surface area contributed by atoms with E-state index in [4.69, 9.17) is 0 Å². The van der Waals surface area contributed by atoms with E-state index in [2.05, 4.69) is 21.8 Å². The summed E-state index contributed by atoms with van der Waals surface area (Å²) in [4.78, 5) is 22.6. The number of aliphatic hydroxyl groups is 1. The van der Waals surface area contributed by atoms with Gasteiger partial charge in [-0.25, -0.2) is 0 Å². The van der Waals surface area contributed by atoms with Gasteiger partial charge in [-0.3, -0.25) is 14.7 Å². The molecule has 0 spiro atoms.